The molecule has 28 heavy (non-hydrogen) atoms. The number of ether oxygens (including phenoxy) is 2. The lowest BCUT2D eigenvalue weighted by molar-refractivity contribution is 0.0857. The van der Waals surface area contributed by atoms with Crippen LogP contribution in [0.5, 0.6) is 5.75 Å². The molecule has 1 unspecified atom stereocenters. The summed E-state index contributed by atoms with van der Waals surface area (Å²) in [6.07, 6.45) is 2.09. The highest BCUT2D eigenvalue weighted by atomic mass is 79.9. The Balaban J connectivity index is 1.62. The van der Waals surface area contributed by atoms with Crippen molar-refractivity contribution in [2.75, 3.05) is 25.1 Å². The van der Waals surface area contributed by atoms with E-state index in [1.807, 2.05) is 6.92 Å². The van der Waals surface area contributed by atoms with Crippen LogP contribution in [-0.4, -0.2) is 37.7 Å². The first-order valence-corrected chi connectivity index (χ1v) is 10.1. The SMILES string of the molecule is CCOc1ccc(C(=O)Nc2cccc(C(=O)NCC3CCCO3)c2)cc1Br. The first-order chi connectivity index (χ1) is 13.6. The summed E-state index contributed by atoms with van der Waals surface area (Å²) in [6, 6.07) is 12.0. The Bertz CT molecular complexity index is 850. The molecule has 7 heteroatoms. The molecule has 6 nitrogen and oxygen atoms in total. The topological polar surface area (TPSA) is 76.7 Å². The van der Waals surface area contributed by atoms with Gasteiger partial charge in [0.2, 0.25) is 0 Å². The molecule has 0 spiro atoms. The number of amides is 2. The lowest BCUT2D eigenvalue weighted by Gasteiger charge is -2.12. The van der Waals surface area contributed by atoms with Crippen LogP contribution in [0.3, 0.4) is 0 Å². The van der Waals surface area contributed by atoms with E-state index in [0.29, 0.717) is 40.2 Å². The summed E-state index contributed by atoms with van der Waals surface area (Å²) in [5.74, 6) is 0.236. The molecule has 1 aliphatic rings. The zero-order valence-corrected chi connectivity index (χ0v) is 17.3. The average Bonchev–Trinajstić information content (AvgIpc) is 3.21. The molecule has 0 aliphatic carbocycles. The van der Waals surface area contributed by atoms with Crippen molar-refractivity contribution in [1.82, 2.24) is 5.32 Å². The second-order valence-corrected chi connectivity index (χ2v) is 7.31. The average molecular weight is 447 g/mol. The van der Waals surface area contributed by atoms with E-state index in [1.165, 1.54) is 0 Å². The van der Waals surface area contributed by atoms with Gasteiger partial charge in [0, 0.05) is 30.0 Å². The van der Waals surface area contributed by atoms with Crippen LogP contribution in [0.15, 0.2) is 46.9 Å². The zero-order chi connectivity index (χ0) is 19.9. The Morgan fingerprint density at radius 2 is 2.00 bits per heavy atom. The predicted octanol–water partition coefficient (Wildman–Crippen LogP) is 4.01. The smallest absolute Gasteiger partial charge is 0.255 e. The number of hydrogen-bond acceptors (Lipinski definition) is 4. The Labute approximate surface area is 172 Å². The Morgan fingerprint density at radius 3 is 2.71 bits per heavy atom. The molecular formula is C21H23BrN2O4. The Morgan fingerprint density at radius 1 is 1.18 bits per heavy atom. The highest BCUT2D eigenvalue weighted by Crippen LogP contribution is 2.26. The molecule has 1 fully saturated rings. The first-order valence-electron chi connectivity index (χ1n) is 9.30. The van der Waals surface area contributed by atoms with Gasteiger partial charge in [-0.1, -0.05) is 6.07 Å². The van der Waals surface area contributed by atoms with E-state index in [1.54, 1.807) is 42.5 Å². The summed E-state index contributed by atoms with van der Waals surface area (Å²) in [6.45, 7) is 3.70. The summed E-state index contributed by atoms with van der Waals surface area (Å²) in [5, 5.41) is 5.71. The number of benzene rings is 2. The molecule has 2 aromatic carbocycles. The van der Waals surface area contributed by atoms with Crippen LogP contribution in [0.25, 0.3) is 0 Å². The molecule has 1 aliphatic heterocycles. The number of hydrogen-bond donors (Lipinski definition) is 2. The van der Waals surface area contributed by atoms with Gasteiger partial charge in [-0.2, -0.15) is 0 Å². The molecule has 2 N–H and O–H groups in total. The number of anilines is 1. The molecule has 3 rings (SSSR count). The van der Waals surface area contributed by atoms with Crippen molar-refractivity contribution >= 4 is 33.4 Å². The van der Waals surface area contributed by atoms with Crippen LogP contribution in [-0.2, 0) is 4.74 Å². The molecule has 0 radical (unpaired) electrons. The summed E-state index contributed by atoms with van der Waals surface area (Å²) < 4.78 is 11.7. The molecular weight excluding hydrogens is 424 g/mol. The third kappa shape index (κ3) is 5.33. The third-order valence-corrected chi connectivity index (χ3v) is 5.01. The maximum atomic E-state index is 12.5. The predicted molar refractivity (Wildman–Crippen MR) is 111 cm³/mol. The number of carbonyl (C=O) groups excluding carboxylic acids is 2. The summed E-state index contributed by atoms with van der Waals surface area (Å²) in [5.41, 5.74) is 1.53. The molecule has 1 saturated heterocycles. The van der Waals surface area contributed by atoms with E-state index in [-0.39, 0.29) is 17.9 Å². The van der Waals surface area contributed by atoms with E-state index < -0.39 is 0 Å². The Kier molecular flexibility index (Phi) is 7.06. The summed E-state index contributed by atoms with van der Waals surface area (Å²) in [4.78, 5) is 24.9. The number of rotatable bonds is 7. The maximum Gasteiger partial charge on any atom is 0.255 e. The van der Waals surface area contributed by atoms with Crippen molar-refractivity contribution in [2.24, 2.45) is 0 Å². The fourth-order valence-electron chi connectivity index (χ4n) is 2.97. The summed E-state index contributed by atoms with van der Waals surface area (Å²) >= 11 is 3.41. The highest BCUT2D eigenvalue weighted by molar-refractivity contribution is 9.10. The molecule has 0 aromatic heterocycles. The maximum absolute atomic E-state index is 12.5. The van der Waals surface area contributed by atoms with Crippen molar-refractivity contribution in [3.05, 3.63) is 58.1 Å². The van der Waals surface area contributed by atoms with Gasteiger partial charge in [0.25, 0.3) is 11.8 Å². The molecule has 2 amide bonds. The normalized spacial score (nSPS) is 15.9. The van der Waals surface area contributed by atoms with E-state index in [9.17, 15) is 9.59 Å². The van der Waals surface area contributed by atoms with Crippen LogP contribution in [0, 0.1) is 0 Å². The van der Waals surface area contributed by atoms with Gasteiger partial charge in [-0.05, 0) is 72.1 Å². The van der Waals surface area contributed by atoms with Gasteiger partial charge >= 0.3 is 0 Å². The fourth-order valence-corrected chi connectivity index (χ4v) is 3.46. The van der Waals surface area contributed by atoms with E-state index in [2.05, 4.69) is 26.6 Å². The molecule has 148 valence electrons. The Hall–Kier alpha value is -2.38. The first kappa shape index (κ1) is 20.4. The summed E-state index contributed by atoms with van der Waals surface area (Å²) in [7, 11) is 0. The van der Waals surface area contributed by atoms with Gasteiger partial charge in [-0.15, -0.1) is 0 Å². The lowest BCUT2D eigenvalue weighted by atomic mass is 10.1. The third-order valence-electron chi connectivity index (χ3n) is 4.39. The van der Waals surface area contributed by atoms with Crippen molar-refractivity contribution in [1.29, 1.82) is 0 Å². The molecule has 2 aromatic rings. The molecule has 0 saturated carbocycles. The number of carbonyl (C=O) groups is 2. The van der Waals surface area contributed by atoms with Crippen LogP contribution in [0.2, 0.25) is 0 Å². The molecule has 0 bridgehead atoms. The van der Waals surface area contributed by atoms with Gasteiger partial charge in [-0.3, -0.25) is 9.59 Å². The number of halogens is 1. The minimum atomic E-state index is -0.263. The largest absolute Gasteiger partial charge is 0.493 e. The molecule has 1 heterocycles. The van der Waals surface area contributed by atoms with Crippen LogP contribution >= 0.6 is 15.9 Å². The van der Waals surface area contributed by atoms with Crippen LogP contribution in [0.1, 0.15) is 40.5 Å². The van der Waals surface area contributed by atoms with E-state index in [0.717, 1.165) is 19.4 Å². The fraction of sp³-hybridized carbons (Fsp3) is 0.333. The minimum Gasteiger partial charge on any atom is -0.493 e. The second kappa shape index (κ2) is 9.71. The van der Waals surface area contributed by atoms with E-state index >= 15 is 0 Å². The van der Waals surface area contributed by atoms with Crippen molar-refractivity contribution < 1.29 is 19.1 Å². The van der Waals surface area contributed by atoms with Gasteiger partial charge < -0.3 is 20.1 Å². The van der Waals surface area contributed by atoms with E-state index in [4.69, 9.17) is 9.47 Å². The molecule has 1 atom stereocenters. The lowest BCUT2D eigenvalue weighted by Crippen LogP contribution is -2.31. The standard InChI is InChI=1S/C21H23BrN2O4/c1-2-27-19-9-8-15(12-18(19)22)21(26)24-16-6-3-5-14(11-16)20(25)23-13-17-7-4-10-28-17/h3,5-6,8-9,11-12,17H,2,4,7,10,13H2,1H3,(H,23,25)(H,24,26). The van der Waals surface area contributed by atoms with Gasteiger partial charge in [0.05, 0.1) is 17.2 Å². The minimum absolute atomic E-state index is 0.0879. The van der Waals surface area contributed by atoms with Crippen LogP contribution in [0.4, 0.5) is 5.69 Å². The van der Waals surface area contributed by atoms with Crippen molar-refractivity contribution in [2.45, 2.75) is 25.9 Å². The van der Waals surface area contributed by atoms with Gasteiger partial charge in [0.1, 0.15) is 5.75 Å². The monoisotopic (exact) mass is 446 g/mol. The van der Waals surface area contributed by atoms with Crippen molar-refractivity contribution in [3.8, 4) is 5.75 Å². The highest BCUT2D eigenvalue weighted by Gasteiger charge is 2.17. The van der Waals surface area contributed by atoms with Gasteiger partial charge in [-0.25, -0.2) is 0 Å². The van der Waals surface area contributed by atoms with Crippen molar-refractivity contribution in [3.63, 3.8) is 0 Å². The quantitative estimate of drug-likeness (QED) is 0.673. The zero-order valence-electron chi connectivity index (χ0n) is 15.7. The number of nitrogens with one attached hydrogen (secondary N) is 2. The second-order valence-electron chi connectivity index (χ2n) is 6.46. The van der Waals surface area contributed by atoms with Gasteiger partial charge in [0.15, 0.2) is 0 Å². The van der Waals surface area contributed by atoms with Crippen LogP contribution < -0.4 is 15.4 Å².